The standard InChI is InChI=1S/C14H17BrN6O6S/c1-14(2)26-6-7(11(22)20-28(3,23)24)25-12(8(6)27-14)21-10-5(19-13(21)15)9(16)17-4-18-10/h4,6-8,12H,1-3H3,(H,20,22)(H2,16,17,18)/t6-,7+,8-,12-/m1/s1. The van der Waals surface area contributed by atoms with Gasteiger partial charge in [0.25, 0.3) is 5.91 Å². The van der Waals surface area contributed by atoms with Crippen LogP contribution in [-0.4, -0.2) is 64.2 Å². The van der Waals surface area contributed by atoms with E-state index in [0.29, 0.717) is 15.9 Å². The summed E-state index contributed by atoms with van der Waals surface area (Å²) in [5, 5.41) is 0. The summed E-state index contributed by atoms with van der Waals surface area (Å²) >= 11 is 3.34. The fourth-order valence-electron chi connectivity index (χ4n) is 3.36. The number of imidazole rings is 1. The number of sulfonamides is 1. The van der Waals surface area contributed by atoms with Crippen LogP contribution in [0.3, 0.4) is 0 Å². The summed E-state index contributed by atoms with van der Waals surface area (Å²) in [6, 6.07) is 0. The Morgan fingerprint density at radius 2 is 2.00 bits per heavy atom. The first kappa shape index (κ1) is 19.4. The molecule has 4 atom stereocenters. The number of nitrogens with zero attached hydrogens (tertiary/aromatic N) is 4. The number of halogens is 1. The third-order valence-electron chi connectivity index (χ3n) is 4.29. The Balaban J connectivity index is 1.77. The Bertz CT molecular complexity index is 1070. The lowest BCUT2D eigenvalue weighted by Crippen LogP contribution is -2.44. The average molecular weight is 477 g/mol. The van der Waals surface area contributed by atoms with Gasteiger partial charge >= 0.3 is 0 Å². The Kier molecular flexibility index (Phi) is 4.39. The number of nitrogens with one attached hydrogen (secondary N) is 1. The highest BCUT2D eigenvalue weighted by Gasteiger charge is 2.59. The lowest BCUT2D eigenvalue weighted by molar-refractivity contribution is -0.197. The molecule has 0 unspecified atom stereocenters. The monoisotopic (exact) mass is 476 g/mol. The van der Waals surface area contributed by atoms with Crippen molar-refractivity contribution in [2.75, 3.05) is 12.0 Å². The quantitative estimate of drug-likeness (QED) is 0.560. The molecule has 0 saturated carbocycles. The van der Waals surface area contributed by atoms with Gasteiger partial charge in [-0.25, -0.2) is 23.4 Å². The van der Waals surface area contributed by atoms with Gasteiger partial charge in [0.05, 0.1) is 6.26 Å². The van der Waals surface area contributed by atoms with Crippen molar-refractivity contribution >= 4 is 48.8 Å². The Morgan fingerprint density at radius 1 is 1.32 bits per heavy atom. The first-order valence-corrected chi connectivity index (χ1v) is 10.8. The molecule has 3 N–H and O–H groups in total. The van der Waals surface area contributed by atoms with E-state index < -0.39 is 46.3 Å². The second-order valence-electron chi connectivity index (χ2n) is 6.93. The Hall–Kier alpha value is -1.87. The van der Waals surface area contributed by atoms with E-state index in [2.05, 4.69) is 30.9 Å². The van der Waals surface area contributed by atoms with Gasteiger partial charge in [0.2, 0.25) is 10.0 Å². The largest absolute Gasteiger partial charge is 0.382 e. The van der Waals surface area contributed by atoms with Crippen molar-refractivity contribution in [3.05, 3.63) is 11.1 Å². The summed E-state index contributed by atoms with van der Waals surface area (Å²) in [5.74, 6) is -1.68. The molecular weight excluding hydrogens is 460 g/mol. The van der Waals surface area contributed by atoms with Crippen LogP contribution in [0.25, 0.3) is 11.2 Å². The van der Waals surface area contributed by atoms with Gasteiger partial charge in [-0.3, -0.25) is 14.1 Å². The highest BCUT2D eigenvalue weighted by Crippen LogP contribution is 2.45. The van der Waals surface area contributed by atoms with Crippen LogP contribution in [0.4, 0.5) is 5.82 Å². The van der Waals surface area contributed by atoms with E-state index in [4.69, 9.17) is 19.9 Å². The third kappa shape index (κ3) is 3.24. The number of ether oxygens (including phenoxy) is 3. The number of anilines is 1. The smallest absolute Gasteiger partial charge is 0.265 e. The van der Waals surface area contributed by atoms with Crippen molar-refractivity contribution in [2.24, 2.45) is 0 Å². The van der Waals surface area contributed by atoms with Crippen LogP contribution in [0, 0.1) is 0 Å². The first-order chi connectivity index (χ1) is 13.0. The molecule has 0 bridgehead atoms. The molecule has 2 fully saturated rings. The lowest BCUT2D eigenvalue weighted by Gasteiger charge is -2.24. The molecule has 12 nitrogen and oxygen atoms in total. The molecule has 2 saturated heterocycles. The van der Waals surface area contributed by atoms with Gasteiger partial charge in [-0.05, 0) is 29.8 Å². The molecule has 1 amide bonds. The zero-order valence-corrected chi connectivity index (χ0v) is 17.4. The molecule has 2 aliphatic heterocycles. The van der Waals surface area contributed by atoms with Crippen molar-refractivity contribution in [1.82, 2.24) is 24.2 Å². The number of fused-ring (bicyclic) bond motifs is 2. The van der Waals surface area contributed by atoms with Crippen LogP contribution in [0.15, 0.2) is 11.1 Å². The van der Waals surface area contributed by atoms with Crippen molar-refractivity contribution < 1.29 is 27.4 Å². The van der Waals surface area contributed by atoms with Crippen LogP contribution in [0.1, 0.15) is 20.1 Å². The molecule has 14 heteroatoms. The van der Waals surface area contributed by atoms with E-state index in [1.54, 1.807) is 18.4 Å². The van der Waals surface area contributed by atoms with Gasteiger partial charge in [0.1, 0.15) is 18.5 Å². The molecule has 4 heterocycles. The van der Waals surface area contributed by atoms with Crippen molar-refractivity contribution in [3.8, 4) is 0 Å². The molecule has 0 aromatic carbocycles. The van der Waals surface area contributed by atoms with Gasteiger partial charge in [-0.15, -0.1) is 0 Å². The minimum Gasteiger partial charge on any atom is -0.382 e. The SMILES string of the molecule is CC1(C)O[C@@H]2[C@H](O1)[C@@H](C(=O)NS(C)(=O)=O)O[C@H]2n1c(Br)nc2c(N)ncnc21. The maximum absolute atomic E-state index is 12.5. The first-order valence-electron chi connectivity index (χ1n) is 8.13. The van der Waals surface area contributed by atoms with Crippen LogP contribution >= 0.6 is 15.9 Å². The fraction of sp³-hybridized carbons (Fsp3) is 0.571. The maximum Gasteiger partial charge on any atom is 0.265 e. The summed E-state index contributed by atoms with van der Waals surface area (Å²) in [6.07, 6.45) is -1.52. The zero-order valence-electron chi connectivity index (χ0n) is 15.0. The Morgan fingerprint density at radius 3 is 2.68 bits per heavy atom. The van der Waals surface area contributed by atoms with Crippen molar-refractivity contribution in [2.45, 2.75) is 44.2 Å². The minimum absolute atomic E-state index is 0.175. The summed E-state index contributed by atoms with van der Waals surface area (Å²) in [4.78, 5) is 24.9. The van der Waals surface area contributed by atoms with Gasteiger partial charge in [0, 0.05) is 0 Å². The summed E-state index contributed by atoms with van der Waals surface area (Å²) in [7, 11) is -3.78. The number of carbonyl (C=O) groups excluding carboxylic acids is 1. The fourth-order valence-corrected chi connectivity index (χ4v) is 4.39. The summed E-state index contributed by atoms with van der Waals surface area (Å²) < 4.78 is 44.4. The zero-order chi connectivity index (χ0) is 20.4. The van der Waals surface area contributed by atoms with E-state index in [0.717, 1.165) is 6.26 Å². The maximum atomic E-state index is 12.5. The molecule has 2 aliphatic rings. The van der Waals surface area contributed by atoms with Gasteiger partial charge in [-0.1, -0.05) is 0 Å². The van der Waals surface area contributed by atoms with E-state index in [9.17, 15) is 13.2 Å². The second kappa shape index (κ2) is 6.32. The molecule has 28 heavy (non-hydrogen) atoms. The number of hydrogen-bond acceptors (Lipinski definition) is 10. The van der Waals surface area contributed by atoms with Crippen molar-refractivity contribution in [1.29, 1.82) is 0 Å². The number of rotatable bonds is 3. The normalized spacial score (nSPS) is 29.1. The second-order valence-corrected chi connectivity index (χ2v) is 9.39. The van der Waals surface area contributed by atoms with Crippen LogP contribution in [-0.2, 0) is 29.0 Å². The summed E-state index contributed by atoms with van der Waals surface area (Å²) in [6.45, 7) is 3.38. The third-order valence-corrected chi connectivity index (χ3v) is 5.42. The summed E-state index contributed by atoms with van der Waals surface area (Å²) in [5.41, 5.74) is 6.56. The Labute approximate surface area is 167 Å². The van der Waals surface area contributed by atoms with E-state index in [1.165, 1.54) is 6.33 Å². The molecule has 2 aromatic heterocycles. The van der Waals surface area contributed by atoms with E-state index in [1.807, 2.05) is 4.72 Å². The number of hydrogen-bond donors (Lipinski definition) is 2. The predicted octanol–water partition coefficient (Wildman–Crippen LogP) is -0.336. The molecule has 4 rings (SSSR count). The molecule has 2 aromatic rings. The molecule has 0 spiro atoms. The van der Waals surface area contributed by atoms with Crippen molar-refractivity contribution in [3.63, 3.8) is 0 Å². The lowest BCUT2D eigenvalue weighted by atomic mass is 10.1. The van der Waals surface area contributed by atoms with Crippen LogP contribution in [0.5, 0.6) is 0 Å². The van der Waals surface area contributed by atoms with Gasteiger partial charge in [-0.2, -0.15) is 0 Å². The number of aromatic nitrogens is 4. The van der Waals surface area contributed by atoms with Crippen LogP contribution < -0.4 is 10.5 Å². The number of nitrogen functional groups attached to an aromatic ring is 1. The average Bonchev–Trinajstić information content (AvgIpc) is 3.14. The molecule has 0 radical (unpaired) electrons. The van der Waals surface area contributed by atoms with Gasteiger partial charge < -0.3 is 19.9 Å². The number of carbonyl (C=O) groups is 1. The number of amides is 1. The van der Waals surface area contributed by atoms with E-state index in [-0.39, 0.29) is 5.82 Å². The molecule has 0 aliphatic carbocycles. The highest BCUT2D eigenvalue weighted by molar-refractivity contribution is 9.10. The topological polar surface area (TPSA) is 161 Å². The minimum atomic E-state index is -3.78. The molecule has 152 valence electrons. The predicted molar refractivity (Wildman–Crippen MR) is 98.2 cm³/mol. The van der Waals surface area contributed by atoms with Crippen LogP contribution in [0.2, 0.25) is 0 Å². The highest BCUT2D eigenvalue weighted by atomic mass is 79.9. The number of nitrogens with two attached hydrogens (primary N) is 1. The van der Waals surface area contributed by atoms with Gasteiger partial charge in [0.15, 0.2) is 39.8 Å². The molecular formula is C14H17BrN6O6S. The van der Waals surface area contributed by atoms with E-state index >= 15 is 0 Å².